The van der Waals surface area contributed by atoms with Gasteiger partial charge in [0.2, 0.25) is 0 Å². The first-order chi connectivity index (χ1) is 16.1. The van der Waals surface area contributed by atoms with Crippen molar-refractivity contribution < 1.29 is 23.7 Å². The third kappa shape index (κ3) is 6.64. The predicted octanol–water partition coefficient (Wildman–Crippen LogP) is 3.88. The highest BCUT2D eigenvalue weighted by Crippen LogP contribution is 2.35. The lowest BCUT2D eigenvalue weighted by molar-refractivity contribution is 0.0357. The molecule has 1 aromatic heterocycles. The minimum atomic E-state index is -0.475. The fourth-order valence-electron chi connectivity index (χ4n) is 3.44. The molecule has 0 aliphatic carbocycles. The van der Waals surface area contributed by atoms with Gasteiger partial charge >= 0.3 is 0 Å². The van der Waals surface area contributed by atoms with Gasteiger partial charge in [-0.25, -0.2) is 14.4 Å². The maximum Gasteiger partial charge on any atom is 0.162 e. The Kier molecular flexibility index (Phi) is 9.44. The number of aliphatic hydroxyl groups is 1. The van der Waals surface area contributed by atoms with Gasteiger partial charge in [-0.2, -0.15) is 0 Å². The lowest BCUT2D eigenvalue weighted by Gasteiger charge is -2.26. The summed E-state index contributed by atoms with van der Waals surface area (Å²) in [6.45, 7) is 5.00. The number of morpholine rings is 1. The monoisotopic (exact) mass is 478 g/mol. The maximum atomic E-state index is 13.5. The molecule has 1 fully saturated rings. The topological polar surface area (TPSA) is 89.0 Å². The van der Waals surface area contributed by atoms with Crippen LogP contribution >= 0.6 is 11.6 Å². The molecule has 2 heterocycles. The third-order valence-corrected chi connectivity index (χ3v) is 5.37. The number of ether oxygens (including phenoxy) is 3. The van der Waals surface area contributed by atoms with Gasteiger partial charge in [0.15, 0.2) is 11.5 Å². The molecule has 0 radical (unpaired) electrons. The second-order valence-electron chi connectivity index (χ2n) is 7.15. The van der Waals surface area contributed by atoms with Crippen LogP contribution in [0.5, 0.6) is 11.5 Å². The molecule has 2 N–H and O–H groups in total. The number of hydrogen-bond acceptors (Lipinski definition) is 8. The average Bonchev–Trinajstić information content (AvgIpc) is 2.86. The van der Waals surface area contributed by atoms with Crippen LogP contribution < -0.4 is 14.8 Å². The van der Waals surface area contributed by atoms with E-state index < -0.39 is 5.82 Å². The van der Waals surface area contributed by atoms with E-state index >= 15 is 0 Å². The van der Waals surface area contributed by atoms with Crippen molar-refractivity contribution in [3.8, 4) is 11.5 Å². The number of rotatable bonds is 8. The van der Waals surface area contributed by atoms with E-state index in [-0.39, 0.29) is 5.02 Å². The van der Waals surface area contributed by atoms with Crippen LogP contribution in [0.1, 0.15) is 6.42 Å². The van der Waals surface area contributed by atoms with Crippen LogP contribution in [-0.4, -0.2) is 73.6 Å². The zero-order valence-corrected chi connectivity index (χ0v) is 19.4. The number of halogens is 2. The van der Waals surface area contributed by atoms with E-state index in [0.29, 0.717) is 35.1 Å². The highest BCUT2D eigenvalue weighted by Gasteiger charge is 2.14. The van der Waals surface area contributed by atoms with Crippen LogP contribution in [0.15, 0.2) is 36.7 Å². The van der Waals surface area contributed by atoms with Gasteiger partial charge in [0.25, 0.3) is 0 Å². The normalized spacial score (nSPS) is 13.8. The van der Waals surface area contributed by atoms with E-state index in [1.165, 1.54) is 18.5 Å². The number of hydrogen-bond donors (Lipinski definition) is 2. The van der Waals surface area contributed by atoms with Gasteiger partial charge in [0.1, 0.15) is 18.0 Å². The van der Waals surface area contributed by atoms with Crippen LogP contribution in [0, 0.1) is 5.82 Å². The Morgan fingerprint density at radius 2 is 1.94 bits per heavy atom. The molecule has 178 valence electrons. The Balaban J connectivity index is 0.00000149. The van der Waals surface area contributed by atoms with Gasteiger partial charge in [-0.1, -0.05) is 11.6 Å². The molecule has 0 amide bonds. The number of fused-ring (bicyclic) bond motifs is 1. The van der Waals surface area contributed by atoms with Gasteiger partial charge in [-0.05, 0) is 30.7 Å². The first kappa shape index (κ1) is 24.9. The van der Waals surface area contributed by atoms with E-state index in [1.54, 1.807) is 13.2 Å². The fraction of sp³-hybridized carbons (Fsp3) is 0.391. The number of anilines is 2. The Labute approximate surface area is 197 Å². The summed E-state index contributed by atoms with van der Waals surface area (Å²) < 4.78 is 30.4. The second kappa shape index (κ2) is 12.5. The molecular weight excluding hydrogens is 451 g/mol. The van der Waals surface area contributed by atoms with Gasteiger partial charge in [-0.3, -0.25) is 4.90 Å². The fourth-order valence-corrected chi connectivity index (χ4v) is 3.62. The van der Waals surface area contributed by atoms with Crippen LogP contribution in [0.25, 0.3) is 10.9 Å². The minimum Gasteiger partial charge on any atom is -0.493 e. The van der Waals surface area contributed by atoms with Crippen LogP contribution in [-0.2, 0) is 4.74 Å². The zero-order valence-electron chi connectivity index (χ0n) is 18.7. The Bertz CT molecular complexity index is 1050. The standard InChI is InChI=1S/C22H24ClFN4O3.CH4O/c1-29-20-13-19-16(12-21(20)31-8-2-5-28-6-9-30-10-7-28)22(26-14-25-19)27-15-3-4-18(24)17(23)11-15;1-2/h3-4,11-14H,2,5-10H2,1H3,(H,25,26,27);2H,1H3. The van der Waals surface area contributed by atoms with E-state index in [2.05, 4.69) is 20.2 Å². The number of benzene rings is 2. The highest BCUT2D eigenvalue weighted by atomic mass is 35.5. The Morgan fingerprint density at radius 3 is 2.67 bits per heavy atom. The van der Waals surface area contributed by atoms with Gasteiger partial charge in [0.05, 0.1) is 37.5 Å². The highest BCUT2D eigenvalue weighted by molar-refractivity contribution is 6.31. The number of nitrogens with one attached hydrogen (secondary N) is 1. The number of nitrogens with zero attached hydrogens (tertiary/aromatic N) is 3. The molecule has 0 saturated carbocycles. The SMILES string of the molecule is CO.COc1cc2ncnc(Nc3ccc(F)c(Cl)c3)c2cc1OCCCN1CCOCC1. The lowest BCUT2D eigenvalue weighted by Crippen LogP contribution is -2.37. The zero-order chi connectivity index (χ0) is 23.6. The Hall–Kier alpha value is -2.72. The largest absolute Gasteiger partial charge is 0.493 e. The summed E-state index contributed by atoms with van der Waals surface area (Å²) in [4.78, 5) is 11.0. The van der Waals surface area contributed by atoms with Crippen molar-refractivity contribution in [3.05, 3.63) is 47.5 Å². The van der Waals surface area contributed by atoms with Crippen molar-refractivity contribution in [2.75, 3.05) is 59.0 Å². The number of aliphatic hydroxyl groups excluding tert-OH is 1. The van der Waals surface area contributed by atoms with Crippen molar-refractivity contribution in [2.24, 2.45) is 0 Å². The molecule has 0 spiro atoms. The quantitative estimate of drug-likeness (QED) is 0.471. The second-order valence-corrected chi connectivity index (χ2v) is 7.56. The van der Waals surface area contributed by atoms with E-state index in [4.69, 9.17) is 30.9 Å². The maximum absolute atomic E-state index is 13.5. The van der Waals surface area contributed by atoms with Crippen molar-refractivity contribution in [2.45, 2.75) is 6.42 Å². The lowest BCUT2D eigenvalue weighted by atomic mass is 10.2. The minimum absolute atomic E-state index is 0.0364. The molecule has 1 aliphatic heterocycles. The summed E-state index contributed by atoms with van der Waals surface area (Å²) >= 11 is 5.90. The molecular formula is C23H28ClFN4O4. The van der Waals surface area contributed by atoms with Crippen LogP contribution in [0.4, 0.5) is 15.9 Å². The molecule has 10 heteroatoms. The van der Waals surface area contributed by atoms with E-state index in [9.17, 15) is 4.39 Å². The summed E-state index contributed by atoms with van der Waals surface area (Å²) in [5.74, 6) is 1.31. The average molecular weight is 479 g/mol. The summed E-state index contributed by atoms with van der Waals surface area (Å²) in [5, 5.41) is 11.0. The van der Waals surface area contributed by atoms with Crippen LogP contribution in [0.2, 0.25) is 5.02 Å². The molecule has 33 heavy (non-hydrogen) atoms. The van der Waals surface area contributed by atoms with E-state index in [0.717, 1.165) is 51.8 Å². The smallest absolute Gasteiger partial charge is 0.162 e. The predicted molar refractivity (Wildman–Crippen MR) is 126 cm³/mol. The van der Waals surface area contributed by atoms with Crippen LogP contribution in [0.3, 0.4) is 0 Å². The first-order valence-corrected chi connectivity index (χ1v) is 10.9. The van der Waals surface area contributed by atoms with E-state index in [1.807, 2.05) is 12.1 Å². The summed E-state index contributed by atoms with van der Waals surface area (Å²) in [6, 6.07) is 8.09. The number of aromatic nitrogens is 2. The van der Waals surface area contributed by atoms with Gasteiger partial charge < -0.3 is 24.6 Å². The first-order valence-electron chi connectivity index (χ1n) is 10.6. The molecule has 0 atom stereocenters. The molecule has 1 aliphatic rings. The molecule has 2 aromatic carbocycles. The van der Waals surface area contributed by atoms with Crippen molar-refractivity contribution in [1.29, 1.82) is 0 Å². The van der Waals surface area contributed by atoms with Crippen molar-refractivity contribution in [3.63, 3.8) is 0 Å². The van der Waals surface area contributed by atoms with Crippen molar-refractivity contribution >= 4 is 34.0 Å². The third-order valence-electron chi connectivity index (χ3n) is 5.08. The molecule has 8 nitrogen and oxygen atoms in total. The Morgan fingerprint density at radius 1 is 1.15 bits per heavy atom. The molecule has 3 aromatic rings. The summed E-state index contributed by atoms with van der Waals surface area (Å²) in [7, 11) is 2.60. The van der Waals surface area contributed by atoms with Gasteiger partial charge in [0, 0.05) is 43.9 Å². The molecule has 1 saturated heterocycles. The molecule has 0 bridgehead atoms. The molecule has 4 rings (SSSR count). The molecule has 0 unspecified atom stereocenters. The number of methoxy groups -OCH3 is 1. The summed E-state index contributed by atoms with van der Waals surface area (Å²) in [6.07, 6.45) is 2.35. The summed E-state index contributed by atoms with van der Waals surface area (Å²) in [5.41, 5.74) is 1.32. The van der Waals surface area contributed by atoms with Crippen molar-refractivity contribution in [1.82, 2.24) is 14.9 Å². The van der Waals surface area contributed by atoms with Gasteiger partial charge in [-0.15, -0.1) is 0 Å².